The van der Waals surface area contributed by atoms with Crippen LogP contribution in [-0.2, 0) is 11.8 Å². The van der Waals surface area contributed by atoms with Gasteiger partial charge in [-0.05, 0) is 57.2 Å². The first-order valence-electron chi connectivity index (χ1n) is 8.66. The number of fused-ring (bicyclic) bond motifs is 1. The third kappa shape index (κ3) is 4.61. The largest absolute Gasteiger partial charge is 0.444 e. The zero-order valence-corrected chi connectivity index (χ0v) is 16.8. The highest BCUT2D eigenvalue weighted by Gasteiger charge is 2.17. The molecule has 0 spiro atoms. The second-order valence-electron chi connectivity index (χ2n) is 7.29. The van der Waals surface area contributed by atoms with Gasteiger partial charge >= 0.3 is 6.09 Å². The summed E-state index contributed by atoms with van der Waals surface area (Å²) in [6, 6.07) is 11.9. The van der Waals surface area contributed by atoms with Crippen molar-refractivity contribution in [2.45, 2.75) is 26.4 Å². The molecule has 0 bridgehead atoms. The van der Waals surface area contributed by atoms with E-state index in [-0.39, 0.29) is 5.91 Å². The molecule has 146 valence electrons. The molecule has 1 aromatic heterocycles. The van der Waals surface area contributed by atoms with E-state index in [0.717, 1.165) is 5.52 Å². The number of amides is 2. The lowest BCUT2D eigenvalue weighted by Gasteiger charge is -2.19. The van der Waals surface area contributed by atoms with Crippen LogP contribution in [-0.4, -0.2) is 27.2 Å². The summed E-state index contributed by atoms with van der Waals surface area (Å²) in [6.45, 7) is 5.33. The van der Waals surface area contributed by atoms with E-state index in [1.54, 1.807) is 68.8 Å². The molecule has 3 aromatic rings. The van der Waals surface area contributed by atoms with Crippen molar-refractivity contribution < 1.29 is 14.3 Å². The minimum Gasteiger partial charge on any atom is -0.444 e. The molecule has 0 fully saturated rings. The Hall–Kier alpha value is -3.06. The molecule has 7 nitrogen and oxygen atoms in total. The first kappa shape index (κ1) is 19.7. The molecule has 0 unspecified atom stereocenters. The number of anilines is 2. The summed E-state index contributed by atoms with van der Waals surface area (Å²) in [5.41, 5.74) is 1.75. The maximum absolute atomic E-state index is 12.6. The first-order valence-corrected chi connectivity index (χ1v) is 9.03. The van der Waals surface area contributed by atoms with Crippen molar-refractivity contribution in [2.75, 3.05) is 10.6 Å². The van der Waals surface area contributed by atoms with Crippen molar-refractivity contribution in [3.63, 3.8) is 0 Å². The van der Waals surface area contributed by atoms with Crippen LogP contribution < -0.4 is 10.6 Å². The number of hydrogen-bond acceptors (Lipinski definition) is 4. The number of hydrogen-bond donors (Lipinski definition) is 2. The normalized spacial score (nSPS) is 11.3. The van der Waals surface area contributed by atoms with E-state index in [4.69, 9.17) is 16.3 Å². The number of carbonyl (C=O) groups excluding carboxylic acids is 2. The average molecular weight is 401 g/mol. The Balaban J connectivity index is 1.76. The minimum absolute atomic E-state index is 0.350. The fourth-order valence-corrected chi connectivity index (χ4v) is 2.78. The van der Waals surface area contributed by atoms with Crippen LogP contribution in [0.25, 0.3) is 11.0 Å². The third-order valence-corrected chi connectivity index (χ3v) is 4.07. The molecule has 2 N–H and O–H groups in total. The molecule has 1 heterocycles. The van der Waals surface area contributed by atoms with Crippen LogP contribution in [0, 0.1) is 0 Å². The van der Waals surface area contributed by atoms with E-state index in [2.05, 4.69) is 15.6 Å². The van der Waals surface area contributed by atoms with Crippen molar-refractivity contribution in [2.24, 2.45) is 7.05 Å². The molecule has 0 aliphatic rings. The standard InChI is InChI=1S/C20H21ClN4O3/c1-20(2,3)28-19(27)22-14-7-5-6-12(10-14)17(26)24-18-23-15-11-13(21)8-9-16(15)25(18)4/h5-11H,1-4H3,(H,22,27)(H,23,24,26). The second-order valence-corrected chi connectivity index (χ2v) is 7.73. The number of rotatable bonds is 3. The maximum atomic E-state index is 12.6. The van der Waals surface area contributed by atoms with Gasteiger partial charge in [-0.1, -0.05) is 17.7 Å². The molecule has 2 amide bonds. The number of aryl methyl sites for hydroxylation is 1. The number of ether oxygens (including phenoxy) is 1. The van der Waals surface area contributed by atoms with Gasteiger partial charge in [-0.2, -0.15) is 0 Å². The minimum atomic E-state index is -0.609. The number of halogens is 1. The van der Waals surface area contributed by atoms with Crippen LogP contribution in [0.1, 0.15) is 31.1 Å². The van der Waals surface area contributed by atoms with Crippen LogP contribution in [0.15, 0.2) is 42.5 Å². The Morgan fingerprint density at radius 1 is 1.11 bits per heavy atom. The van der Waals surface area contributed by atoms with E-state index in [1.165, 1.54) is 0 Å². The van der Waals surface area contributed by atoms with Crippen molar-refractivity contribution in [3.05, 3.63) is 53.1 Å². The van der Waals surface area contributed by atoms with Crippen LogP contribution >= 0.6 is 11.6 Å². The summed E-state index contributed by atoms with van der Waals surface area (Å²) in [6.07, 6.45) is -0.586. The van der Waals surface area contributed by atoms with Crippen molar-refractivity contribution >= 4 is 46.3 Å². The first-order chi connectivity index (χ1) is 13.1. The van der Waals surface area contributed by atoms with Crippen molar-refractivity contribution in [3.8, 4) is 0 Å². The number of carbonyl (C=O) groups is 2. The maximum Gasteiger partial charge on any atom is 0.412 e. The van der Waals surface area contributed by atoms with Crippen molar-refractivity contribution in [1.82, 2.24) is 9.55 Å². The summed E-state index contributed by atoms with van der Waals surface area (Å²) >= 11 is 6.00. The SMILES string of the molecule is Cn1c(NC(=O)c2cccc(NC(=O)OC(C)(C)C)c2)nc2cc(Cl)ccc21. The van der Waals surface area contributed by atoms with Crippen LogP contribution in [0.5, 0.6) is 0 Å². The molecule has 0 saturated heterocycles. The van der Waals surface area contributed by atoms with Gasteiger partial charge in [0.1, 0.15) is 5.60 Å². The summed E-state index contributed by atoms with van der Waals surface area (Å²) in [5.74, 6) is 0.0464. The zero-order valence-electron chi connectivity index (χ0n) is 16.0. The van der Waals surface area contributed by atoms with E-state index in [0.29, 0.717) is 27.7 Å². The van der Waals surface area contributed by atoms with Gasteiger partial charge in [-0.3, -0.25) is 15.4 Å². The Morgan fingerprint density at radius 3 is 2.57 bits per heavy atom. The lowest BCUT2D eigenvalue weighted by molar-refractivity contribution is 0.0635. The van der Waals surface area contributed by atoms with E-state index >= 15 is 0 Å². The molecule has 28 heavy (non-hydrogen) atoms. The van der Waals surface area contributed by atoms with Gasteiger partial charge in [0, 0.05) is 23.3 Å². The Bertz CT molecular complexity index is 1050. The summed E-state index contributed by atoms with van der Waals surface area (Å²) in [5, 5.41) is 5.97. The average Bonchev–Trinajstić information content (AvgIpc) is 2.88. The second kappa shape index (κ2) is 7.52. The fraction of sp³-hybridized carbons (Fsp3) is 0.250. The Labute approximate surface area is 167 Å². The summed E-state index contributed by atoms with van der Waals surface area (Å²) in [4.78, 5) is 29.0. The number of nitrogens with zero attached hydrogens (tertiary/aromatic N) is 2. The topological polar surface area (TPSA) is 85.2 Å². The Morgan fingerprint density at radius 2 is 1.86 bits per heavy atom. The van der Waals surface area contributed by atoms with E-state index in [9.17, 15) is 9.59 Å². The van der Waals surface area contributed by atoms with E-state index in [1.807, 2.05) is 6.07 Å². The lowest BCUT2D eigenvalue weighted by atomic mass is 10.2. The zero-order chi connectivity index (χ0) is 20.5. The van der Waals surface area contributed by atoms with Gasteiger partial charge in [-0.25, -0.2) is 9.78 Å². The van der Waals surface area contributed by atoms with Gasteiger partial charge in [0.2, 0.25) is 5.95 Å². The molecule has 3 rings (SSSR count). The van der Waals surface area contributed by atoms with Crippen LogP contribution in [0.4, 0.5) is 16.4 Å². The highest BCUT2D eigenvalue weighted by molar-refractivity contribution is 6.31. The highest BCUT2D eigenvalue weighted by Crippen LogP contribution is 2.22. The highest BCUT2D eigenvalue weighted by atomic mass is 35.5. The third-order valence-electron chi connectivity index (χ3n) is 3.84. The molecule has 0 aliphatic carbocycles. The summed E-state index contributed by atoms with van der Waals surface area (Å²) in [7, 11) is 1.80. The smallest absolute Gasteiger partial charge is 0.412 e. The molecule has 0 radical (unpaired) electrons. The fourth-order valence-electron chi connectivity index (χ4n) is 2.62. The quantitative estimate of drug-likeness (QED) is 0.659. The van der Waals surface area contributed by atoms with Gasteiger partial charge in [0.25, 0.3) is 5.91 Å². The number of aromatic nitrogens is 2. The monoisotopic (exact) mass is 400 g/mol. The van der Waals surface area contributed by atoms with Crippen molar-refractivity contribution in [1.29, 1.82) is 0 Å². The molecule has 0 saturated carbocycles. The van der Waals surface area contributed by atoms with Crippen LogP contribution in [0.3, 0.4) is 0 Å². The van der Waals surface area contributed by atoms with Crippen LogP contribution in [0.2, 0.25) is 5.02 Å². The van der Waals surface area contributed by atoms with Gasteiger partial charge in [0.05, 0.1) is 11.0 Å². The Kier molecular flexibility index (Phi) is 5.29. The van der Waals surface area contributed by atoms with Gasteiger partial charge < -0.3 is 9.30 Å². The lowest BCUT2D eigenvalue weighted by Crippen LogP contribution is -2.27. The molecular weight excluding hydrogens is 380 g/mol. The van der Waals surface area contributed by atoms with Gasteiger partial charge in [0.15, 0.2) is 0 Å². The number of imidazole rings is 1. The summed E-state index contributed by atoms with van der Waals surface area (Å²) < 4.78 is 6.99. The predicted octanol–water partition coefficient (Wildman–Crippen LogP) is 4.83. The molecule has 2 aromatic carbocycles. The number of benzene rings is 2. The van der Waals surface area contributed by atoms with Gasteiger partial charge in [-0.15, -0.1) is 0 Å². The predicted molar refractivity (Wildman–Crippen MR) is 110 cm³/mol. The molecule has 0 aliphatic heterocycles. The molecule has 0 atom stereocenters. The van der Waals surface area contributed by atoms with E-state index < -0.39 is 11.7 Å². The molecular formula is C20H21ClN4O3. The molecule has 8 heteroatoms. The number of nitrogens with one attached hydrogen (secondary N) is 2.